The molecule has 4 amide bonds. The smallest absolute Gasteiger partial charge is 0.328 e. The number of benzene rings is 1. The highest BCUT2D eigenvalue weighted by Crippen LogP contribution is 2.49. The zero-order chi connectivity index (χ0) is 23.9. The molecular weight excluding hydrogens is 471 g/mol. The van der Waals surface area contributed by atoms with Gasteiger partial charge in [0.1, 0.15) is 0 Å². The van der Waals surface area contributed by atoms with Crippen LogP contribution in [0.5, 0.6) is 0 Å². The van der Waals surface area contributed by atoms with Gasteiger partial charge in [0.2, 0.25) is 23.2 Å². The molecule has 6 rings (SSSR count). The van der Waals surface area contributed by atoms with Crippen LogP contribution in [0.1, 0.15) is 19.4 Å². The molecule has 2 fully saturated rings. The SMILES string of the molecule is C[C@@H]1CN2c3c(cc4c(-n5cc(Cl)cn5)noc4c3F)CC3(C(=O)NC(=O)NC3=O)[C@H]2[C@H](C)O1. The van der Waals surface area contributed by atoms with Crippen molar-refractivity contribution in [2.24, 2.45) is 5.41 Å². The minimum Gasteiger partial charge on any atom is -0.372 e. The van der Waals surface area contributed by atoms with Gasteiger partial charge >= 0.3 is 6.03 Å². The van der Waals surface area contributed by atoms with E-state index in [4.69, 9.17) is 20.9 Å². The Hall–Kier alpha value is -3.51. The fraction of sp³-hybridized carbons (Fsp3) is 0.381. The van der Waals surface area contributed by atoms with E-state index in [0.29, 0.717) is 16.0 Å². The standard InChI is InChI=1S/C21H18ClFN6O5/c1-8-6-28-14-10(3-12-15(13(14)23)34-27-17(12)29-7-11(22)5-24-29)4-21(16(28)9(2)33-8)18(30)25-20(32)26-19(21)31/h3,5,7-9,16H,4,6H2,1-2H3,(H2,25,26,30,31,32)/t8-,9+,16-/m1/s1. The molecule has 2 saturated heterocycles. The first-order chi connectivity index (χ1) is 16.2. The average molecular weight is 489 g/mol. The lowest BCUT2D eigenvalue weighted by molar-refractivity contribution is -0.153. The molecule has 3 atom stereocenters. The van der Waals surface area contributed by atoms with Crippen molar-refractivity contribution in [3.63, 3.8) is 0 Å². The molecular formula is C21H18ClFN6O5. The molecule has 2 aromatic heterocycles. The molecule has 1 aromatic carbocycles. The quantitative estimate of drug-likeness (QED) is 0.495. The fourth-order valence-electron chi connectivity index (χ4n) is 5.52. The highest BCUT2D eigenvalue weighted by molar-refractivity contribution is 6.30. The molecule has 2 N–H and O–H groups in total. The summed E-state index contributed by atoms with van der Waals surface area (Å²) < 4.78 is 28.6. The van der Waals surface area contributed by atoms with Crippen molar-refractivity contribution in [2.75, 3.05) is 11.4 Å². The predicted octanol–water partition coefficient (Wildman–Crippen LogP) is 1.70. The van der Waals surface area contributed by atoms with Gasteiger partial charge in [-0.15, -0.1) is 0 Å². The number of carbonyl (C=O) groups excluding carboxylic acids is 3. The van der Waals surface area contributed by atoms with Crippen LogP contribution in [-0.4, -0.2) is 57.6 Å². The van der Waals surface area contributed by atoms with Gasteiger partial charge in [-0.1, -0.05) is 16.8 Å². The first kappa shape index (κ1) is 21.1. The van der Waals surface area contributed by atoms with E-state index < -0.39 is 41.2 Å². The summed E-state index contributed by atoms with van der Waals surface area (Å²) in [6.45, 7) is 3.76. The summed E-state index contributed by atoms with van der Waals surface area (Å²) in [7, 11) is 0. The zero-order valence-corrected chi connectivity index (χ0v) is 18.7. The number of carbonyl (C=O) groups is 3. The molecule has 0 radical (unpaired) electrons. The number of rotatable bonds is 1. The maximum absolute atomic E-state index is 16.0. The lowest BCUT2D eigenvalue weighted by Crippen LogP contribution is -2.75. The van der Waals surface area contributed by atoms with Gasteiger partial charge in [0.15, 0.2) is 11.2 Å². The third kappa shape index (κ3) is 2.69. The number of imide groups is 2. The molecule has 13 heteroatoms. The fourth-order valence-corrected chi connectivity index (χ4v) is 5.65. The van der Waals surface area contributed by atoms with Crippen LogP contribution in [-0.2, 0) is 20.7 Å². The van der Waals surface area contributed by atoms with E-state index in [1.807, 2.05) is 6.92 Å². The van der Waals surface area contributed by atoms with Crippen molar-refractivity contribution >= 4 is 46.1 Å². The third-order valence-corrected chi connectivity index (χ3v) is 6.91. The molecule has 11 nitrogen and oxygen atoms in total. The molecule has 3 aliphatic heterocycles. The van der Waals surface area contributed by atoms with Crippen molar-refractivity contribution in [3.05, 3.63) is 34.9 Å². The van der Waals surface area contributed by atoms with Gasteiger partial charge in [-0.2, -0.15) is 5.10 Å². The van der Waals surface area contributed by atoms with E-state index in [2.05, 4.69) is 20.9 Å². The van der Waals surface area contributed by atoms with Crippen LogP contribution in [0, 0.1) is 11.2 Å². The van der Waals surface area contributed by atoms with Gasteiger partial charge in [0.05, 0.1) is 46.7 Å². The van der Waals surface area contributed by atoms with Gasteiger partial charge in [0.25, 0.3) is 0 Å². The number of barbiturate groups is 1. The maximum Gasteiger partial charge on any atom is 0.328 e. The number of urea groups is 1. The normalized spacial score (nSPS) is 25.8. The second kappa shape index (κ2) is 7.00. The van der Waals surface area contributed by atoms with Gasteiger partial charge in [-0.25, -0.2) is 13.9 Å². The molecule has 5 heterocycles. The monoisotopic (exact) mass is 488 g/mol. The highest BCUT2D eigenvalue weighted by atomic mass is 35.5. The van der Waals surface area contributed by atoms with Crippen LogP contribution < -0.4 is 15.5 Å². The molecule has 1 spiro atoms. The Labute approximate surface area is 196 Å². The molecule has 34 heavy (non-hydrogen) atoms. The van der Waals surface area contributed by atoms with Crippen molar-refractivity contribution in [2.45, 2.75) is 38.5 Å². The van der Waals surface area contributed by atoms with Crippen LogP contribution in [0.15, 0.2) is 23.0 Å². The van der Waals surface area contributed by atoms with E-state index >= 15 is 4.39 Å². The number of hydrogen-bond donors (Lipinski definition) is 2. The summed E-state index contributed by atoms with van der Waals surface area (Å²) in [5, 5.41) is 13.1. The Bertz CT molecular complexity index is 1380. The largest absolute Gasteiger partial charge is 0.372 e. The van der Waals surface area contributed by atoms with Crippen LogP contribution >= 0.6 is 11.6 Å². The van der Waals surface area contributed by atoms with Gasteiger partial charge in [-0.05, 0) is 25.5 Å². The van der Waals surface area contributed by atoms with Crippen molar-refractivity contribution < 1.29 is 28.0 Å². The molecule has 3 aromatic rings. The number of nitrogens with zero attached hydrogens (tertiary/aromatic N) is 4. The lowest BCUT2D eigenvalue weighted by Gasteiger charge is -2.55. The van der Waals surface area contributed by atoms with Gasteiger partial charge < -0.3 is 14.2 Å². The van der Waals surface area contributed by atoms with E-state index in [9.17, 15) is 14.4 Å². The Morgan fingerprint density at radius 2 is 1.97 bits per heavy atom. The summed E-state index contributed by atoms with van der Waals surface area (Å²) in [4.78, 5) is 40.0. The van der Waals surface area contributed by atoms with Crippen LogP contribution in [0.25, 0.3) is 16.8 Å². The molecule has 0 saturated carbocycles. The Morgan fingerprint density at radius 1 is 1.24 bits per heavy atom. The Balaban J connectivity index is 1.60. The van der Waals surface area contributed by atoms with Crippen molar-refractivity contribution in [1.82, 2.24) is 25.6 Å². The molecule has 0 bridgehead atoms. The lowest BCUT2D eigenvalue weighted by atomic mass is 9.66. The molecule has 3 aliphatic rings. The molecule has 0 aliphatic carbocycles. The number of anilines is 1. The van der Waals surface area contributed by atoms with E-state index in [-0.39, 0.29) is 36.2 Å². The topological polar surface area (TPSA) is 132 Å². The van der Waals surface area contributed by atoms with E-state index in [1.54, 1.807) is 17.9 Å². The van der Waals surface area contributed by atoms with Crippen LogP contribution in [0.3, 0.4) is 0 Å². The first-order valence-electron chi connectivity index (χ1n) is 10.6. The number of aromatic nitrogens is 3. The van der Waals surface area contributed by atoms with Crippen LogP contribution in [0.4, 0.5) is 14.9 Å². The number of halogens is 2. The van der Waals surface area contributed by atoms with Gasteiger partial charge in [0, 0.05) is 13.0 Å². The summed E-state index contributed by atoms with van der Waals surface area (Å²) in [6.07, 6.45) is 1.81. The number of hydrogen-bond acceptors (Lipinski definition) is 8. The maximum atomic E-state index is 16.0. The number of ether oxygens (including phenoxy) is 1. The third-order valence-electron chi connectivity index (χ3n) is 6.71. The Morgan fingerprint density at radius 3 is 2.65 bits per heavy atom. The molecule has 0 unspecified atom stereocenters. The predicted molar refractivity (Wildman–Crippen MR) is 115 cm³/mol. The second-order valence-electron chi connectivity index (χ2n) is 8.82. The number of nitrogens with one attached hydrogen (secondary N) is 2. The molecule has 176 valence electrons. The van der Waals surface area contributed by atoms with E-state index in [0.717, 1.165) is 0 Å². The first-order valence-corrected chi connectivity index (χ1v) is 11.0. The van der Waals surface area contributed by atoms with Crippen LogP contribution in [0.2, 0.25) is 5.02 Å². The minimum absolute atomic E-state index is 0.0883. The summed E-state index contributed by atoms with van der Waals surface area (Å²) in [5.41, 5.74) is -1.20. The van der Waals surface area contributed by atoms with E-state index in [1.165, 1.54) is 17.1 Å². The zero-order valence-electron chi connectivity index (χ0n) is 18.0. The number of fused-ring (bicyclic) bond motifs is 5. The summed E-state index contributed by atoms with van der Waals surface area (Å²) >= 11 is 5.97. The number of morpholine rings is 1. The summed E-state index contributed by atoms with van der Waals surface area (Å²) in [5.74, 6) is -1.97. The highest BCUT2D eigenvalue weighted by Gasteiger charge is 2.63. The van der Waals surface area contributed by atoms with Crippen molar-refractivity contribution in [1.29, 1.82) is 0 Å². The Kier molecular flexibility index (Phi) is 4.33. The van der Waals surface area contributed by atoms with Gasteiger partial charge in [-0.3, -0.25) is 20.2 Å². The minimum atomic E-state index is -1.72. The average Bonchev–Trinajstić information content (AvgIpc) is 3.37. The number of amides is 4. The van der Waals surface area contributed by atoms with Crippen molar-refractivity contribution in [3.8, 4) is 5.82 Å². The second-order valence-corrected chi connectivity index (χ2v) is 9.26. The summed E-state index contributed by atoms with van der Waals surface area (Å²) in [6, 6.07) is -0.118.